The number of rotatable bonds is 7. The van der Waals surface area contributed by atoms with Crippen molar-refractivity contribution in [3.8, 4) is 0 Å². The fourth-order valence-corrected chi connectivity index (χ4v) is 2.07. The van der Waals surface area contributed by atoms with Crippen LogP contribution in [-0.4, -0.2) is 29.4 Å². The zero-order valence-corrected chi connectivity index (χ0v) is 12.9. The lowest BCUT2D eigenvalue weighted by atomic mass is 10.1. The Hall–Kier alpha value is -2.44. The van der Waals surface area contributed by atoms with E-state index in [0.717, 1.165) is 12.8 Å². The highest BCUT2D eigenvalue weighted by Crippen LogP contribution is 2.21. The number of benzene rings is 1. The molecule has 0 spiro atoms. The van der Waals surface area contributed by atoms with Gasteiger partial charge in [0.1, 0.15) is 0 Å². The first-order valence-electron chi connectivity index (χ1n) is 7.07. The average molecular weight is 308 g/mol. The van der Waals surface area contributed by atoms with E-state index in [1.165, 1.54) is 25.1 Å². The molecule has 0 radical (unpaired) electrons. The zero-order chi connectivity index (χ0) is 16.7. The van der Waals surface area contributed by atoms with Crippen molar-refractivity contribution < 1.29 is 19.2 Å². The molecule has 22 heavy (non-hydrogen) atoms. The van der Waals surface area contributed by atoms with Crippen LogP contribution in [0.2, 0.25) is 0 Å². The molecule has 1 aromatic carbocycles. The van der Waals surface area contributed by atoms with E-state index in [9.17, 15) is 19.7 Å². The maximum atomic E-state index is 11.9. The molecule has 1 rings (SSSR count). The SMILES string of the molecule is CCC[C@H](C)NC(=O)COC(=O)c1cccc([N+](=O)[O-])c1C. The molecule has 0 saturated carbocycles. The quantitative estimate of drug-likeness (QED) is 0.473. The standard InChI is InChI=1S/C15H20N2O5/c1-4-6-10(2)16-14(18)9-22-15(19)12-7-5-8-13(11(12)3)17(20)21/h5,7-8,10H,4,6,9H2,1-3H3,(H,16,18)/t10-/m0/s1. The summed E-state index contributed by atoms with van der Waals surface area (Å²) in [5.41, 5.74) is 0.149. The van der Waals surface area contributed by atoms with Gasteiger partial charge in [-0.05, 0) is 26.3 Å². The zero-order valence-electron chi connectivity index (χ0n) is 12.9. The van der Waals surface area contributed by atoms with Gasteiger partial charge in [0.05, 0.1) is 10.5 Å². The number of carbonyl (C=O) groups is 2. The Morgan fingerprint density at radius 3 is 2.68 bits per heavy atom. The molecule has 7 nitrogen and oxygen atoms in total. The van der Waals surface area contributed by atoms with Crippen molar-refractivity contribution in [1.29, 1.82) is 0 Å². The lowest BCUT2D eigenvalue weighted by Gasteiger charge is -2.13. The number of nitrogens with zero attached hydrogens (tertiary/aromatic N) is 1. The molecule has 7 heteroatoms. The van der Waals surface area contributed by atoms with Crippen molar-refractivity contribution in [3.63, 3.8) is 0 Å². The highest BCUT2D eigenvalue weighted by molar-refractivity contribution is 5.93. The number of nitro benzene ring substituents is 1. The summed E-state index contributed by atoms with van der Waals surface area (Å²) >= 11 is 0. The summed E-state index contributed by atoms with van der Waals surface area (Å²) in [6.45, 7) is 4.94. The molecular formula is C15H20N2O5. The first kappa shape index (κ1) is 17.6. The molecule has 1 atom stereocenters. The van der Waals surface area contributed by atoms with Gasteiger partial charge in [0.2, 0.25) is 0 Å². The summed E-state index contributed by atoms with van der Waals surface area (Å²) in [5, 5.41) is 13.5. The van der Waals surface area contributed by atoms with Gasteiger partial charge in [-0.3, -0.25) is 14.9 Å². The van der Waals surface area contributed by atoms with Crippen LogP contribution in [0.4, 0.5) is 5.69 Å². The summed E-state index contributed by atoms with van der Waals surface area (Å²) < 4.78 is 4.91. The number of hydrogen-bond acceptors (Lipinski definition) is 5. The molecule has 0 saturated heterocycles. The average Bonchev–Trinajstić information content (AvgIpc) is 2.44. The minimum Gasteiger partial charge on any atom is -0.452 e. The maximum absolute atomic E-state index is 11.9. The van der Waals surface area contributed by atoms with Crippen LogP contribution in [0.5, 0.6) is 0 Å². The fourth-order valence-electron chi connectivity index (χ4n) is 2.07. The molecule has 1 N–H and O–H groups in total. The fraction of sp³-hybridized carbons (Fsp3) is 0.467. The van der Waals surface area contributed by atoms with Crippen LogP contribution in [0.15, 0.2) is 18.2 Å². The predicted octanol–water partition coefficient (Wildman–Crippen LogP) is 2.36. The van der Waals surface area contributed by atoms with E-state index in [2.05, 4.69) is 5.32 Å². The van der Waals surface area contributed by atoms with Gasteiger partial charge in [0.15, 0.2) is 6.61 Å². The van der Waals surface area contributed by atoms with Gasteiger partial charge in [-0.15, -0.1) is 0 Å². The van der Waals surface area contributed by atoms with Crippen LogP contribution in [-0.2, 0) is 9.53 Å². The van der Waals surface area contributed by atoms with E-state index in [4.69, 9.17) is 4.74 Å². The monoisotopic (exact) mass is 308 g/mol. The van der Waals surface area contributed by atoms with Crippen LogP contribution in [0.25, 0.3) is 0 Å². The molecule has 0 aromatic heterocycles. The molecule has 0 aliphatic heterocycles. The first-order valence-corrected chi connectivity index (χ1v) is 7.07. The van der Waals surface area contributed by atoms with Crippen LogP contribution in [0.1, 0.15) is 42.6 Å². The van der Waals surface area contributed by atoms with Gasteiger partial charge in [-0.2, -0.15) is 0 Å². The second-order valence-corrected chi connectivity index (χ2v) is 5.04. The normalized spacial score (nSPS) is 11.6. The Kier molecular flexibility index (Phi) is 6.49. The van der Waals surface area contributed by atoms with Crippen LogP contribution < -0.4 is 5.32 Å². The van der Waals surface area contributed by atoms with Gasteiger partial charge in [0.25, 0.3) is 11.6 Å². The summed E-state index contributed by atoms with van der Waals surface area (Å²) in [7, 11) is 0. The minimum atomic E-state index is -0.750. The first-order chi connectivity index (χ1) is 10.4. The third-order valence-electron chi connectivity index (χ3n) is 3.19. The second kappa shape index (κ2) is 8.11. The Labute approximate surface area is 128 Å². The van der Waals surface area contributed by atoms with Crippen molar-refractivity contribution in [2.45, 2.75) is 39.7 Å². The van der Waals surface area contributed by atoms with Crippen LogP contribution in [0.3, 0.4) is 0 Å². The van der Waals surface area contributed by atoms with Crippen molar-refractivity contribution in [2.24, 2.45) is 0 Å². The number of ether oxygens (including phenoxy) is 1. The van der Waals surface area contributed by atoms with Gasteiger partial charge in [-0.1, -0.05) is 19.4 Å². The summed E-state index contributed by atoms with van der Waals surface area (Å²) in [5.74, 6) is -1.14. The predicted molar refractivity (Wildman–Crippen MR) is 80.6 cm³/mol. The van der Waals surface area contributed by atoms with Crippen molar-refractivity contribution in [3.05, 3.63) is 39.4 Å². The minimum absolute atomic E-state index is 0.00995. The molecule has 0 heterocycles. The smallest absolute Gasteiger partial charge is 0.339 e. The number of carbonyl (C=O) groups excluding carboxylic acids is 2. The van der Waals surface area contributed by atoms with E-state index in [-0.39, 0.29) is 22.9 Å². The molecule has 0 aliphatic rings. The lowest BCUT2D eigenvalue weighted by molar-refractivity contribution is -0.385. The maximum Gasteiger partial charge on any atom is 0.339 e. The molecule has 0 unspecified atom stereocenters. The highest BCUT2D eigenvalue weighted by atomic mass is 16.6. The summed E-state index contributed by atoms with van der Waals surface area (Å²) in [6.07, 6.45) is 1.78. The Balaban J connectivity index is 2.65. The number of esters is 1. The van der Waals surface area contributed by atoms with Crippen molar-refractivity contribution in [1.82, 2.24) is 5.32 Å². The molecule has 1 amide bonds. The van der Waals surface area contributed by atoms with E-state index in [1.807, 2.05) is 13.8 Å². The second-order valence-electron chi connectivity index (χ2n) is 5.04. The van der Waals surface area contributed by atoms with Crippen LogP contribution in [0, 0.1) is 17.0 Å². The molecule has 1 aromatic rings. The van der Waals surface area contributed by atoms with E-state index in [1.54, 1.807) is 0 Å². The molecule has 0 fully saturated rings. The number of amides is 1. The van der Waals surface area contributed by atoms with Gasteiger partial charge >= 0.3 is 5.97 Å². The Morgan fingerprint density at radius 1 is 1.41 bits per heavy atom. The topological polar surface area (TPSA) is 98.5 Å². The molecular weight excluding hydrogens is 288 g/mol. The summed E-state index contributed by atoms with van der Waals surface area (Å²) in [4.78, 5) is 33.8. The number of nitro groups is 1. The van der Waals surface area contributed by atoms with Gasteiger partial charge in [0, 0.05) is 17.7 Å². The van der Waals surface area contributed by atoms with Crippen LogP contribution >= 0.6 is 0 Å². The lowest BCUT2D eigenvalue weighted by Crippen LogP contribution is -2.35. The van der Waals surface area contributed by atoms with E-state index < -0.39 is 23.4 Å². The largest absolute Gasteiger partial charge is 0.452 e. The molecule has 120 valence electrons. The highest BCUT2D eigenvalue weighted by Gasteiger charge is 2.19. The Bertz CT molecular complexity index is 571. The number of nitrogens with one attached hydrogen (secondary N) is 1. The summed E-state index contributed by atoms with van der Waals surface area (Å²) in [6, 6.07) is 4.16. The van der Waals surface area contributed by atoms with Gasteiger partial charge < -0.3 is 10.1 Å². The van der Waals surface area contributed by atoms with E-state index in [0.29, 0.717) is 0 Å². The van der Waals surface area contributed by atoms with Crippen molar-refractivity contribution >= 4 is 17.6 Å². The number of hydrogen-bond donors (Lipinski definition) is 1. The van der Waals surface area contributed by atoms with E-state index >= 15 is 0 Å². The third kappa shape index (κ3) is 4.83. The Morgan fingerprint density at radius 2 is 2.09 bits per heavy atom. The van der Waals surface area contributed by atoms with Crippen molar-refractivity contribution in [2.75, 3.05) is 6.61 Å². The van der Waals surface area contributed by atoms with Gasteiger partial charge in [-0.25, -0.2) is 4.79 Å². The molecule has 0 aliphatic carbocycles. The third-order valence-corrected chi connectivity index (χ3v) is 3.19. The molecule has 0 bridgehead atoms.